The highest BCUT2D eigenvalue weighted by molar-refractivity contribution is 5.87. The molecule has 142 valence electrons. The summed E-state index contributed by atoms with van der Waals surface area (Å²) in [7, 11) is 3.16. The molecule has 0 saturated carbocycles. The molecular weight excluding hydrogens is 352 g/mol. The van der Waals surface area contributed by atoms with Crippen LogP contribution in [-0.2, 0) is 10.2 Å². The maximum absolute atomic E-state index is 12.7. The van der Waals surface area contributed by atoms with Gasteiger partial charge in [0.05, 0.1) is 19.6 Å². The Labute approximate surface area is 161 Å². The fraction of sp³-hybridized carbons (Fsp3) is 0.350. The van der Waals surface area contributed by atoms with Gasteiger partial charge in [0.1, 0.15) is 0 Å². The number of carbonyl (C=O) groups excluding carboxylic acids is 1. The van der Waals surface area contributed by atoms with Crippen molar-refractivity contribution in [1.82, 2.24) is 5.32 Å². The highest BCUT2D eigenvalue weighted by Crippen LogP contribution is 2.33. The molecule has 0 saturated heterocycles. The number of nitrogens with one attached hydrogen (secondary N) is 1. The molecule has 0 aliphatic rings. The summed E-state index contributed by atoms with van der Waals surface area (Å²) in [6.07, 6.45) is 0. The topological polar surface area (TPSA) is 73.6 Å². The zero-order chi connectivity index (χ0) is 18.4. The number of ether oxygens (including phenoxy) is 2. The Hall–Kier alpha value is -2.24. The molecule has 2 aromatic carbocycles. The lowest BCUT2D eigenvalue weighted by atomic mass is 9.83. The predicted octanol–water partition coefficient (Wildman–Crippen LogP) is 3.22. The summed E-state index contributed by atoms with van der Waals surface area (Å²) in [5.74, 6) is 1.14. The van der Waals surface area contributed by atoms with Crippen LogP contribution in [0.3, 0.4) is 0 Å². The number of methoxy groups -OCH3 is 2. The quantitative estimate of drug-likeness (QED) is 0.775. The number of halogens is 1. The van der Waals surface area contributed by atoms with Crippen LogP contribution >= 0.6 is 12.4 Å². The van der Waals surface area contributed by atoms with E-state index in [0.717, 1.165) is 11.1 Å². The van der Waals surface area contributed by atoms with Gasteiger partial charge in [-0.05, 0) is 37.1 Å². The Morgan fingerprint density at radius 2 is 1.69 bits per heavy atom. The number of hydrogen-bond donors (Lipinski definition) is 2. The van der Waals surface area contributed by atoms with Crippen LogP contribution < -0.4 is 20.5 Å². The number of benzene rings is 2. The van der Waals surface area contributed by atoms with Crippen LogP contribution in [0.15, 0.2) is 48.5 Å². The molecule has 5 nitrogen and oxygen atoms in total. The van der Waals surface area contributed by atoms with E-state index in [9.17, 15) is 4.79 Å². The van der Waals surface area contributed by atoms with Gasteiger partial charge in [0.25, 0.3) is 0 Å². The van der Waals surface area contributed by atoms with E-state index in [2.05, 4.69) is 5.32 Å². The van der Waals surface area contributed by atoms with Crippen molar-refractivity contribution in [1.29, 1.82) is 0 Å². The third-order valence-electron chi connectivity index (χ3n) is 4.38. The molecule has 0 heterocycles. The smallest absolute Gasteiger partial charge is 0.230 e. The molecule has 0 spiro atoms. The van der Waals surface area contributed by atoms with E-state index in [4.69, 9.17) is 15.2 Å². The lowest BCUT2D eigenvalue weighted by Crippen LogP contribution is -2.42. The van der Waals surface area contributed by atoms with E-state index in [0.29, 0.717) is 18.0 Å². The molecule has 1 unspecified atom stereocenters. The van der Waals surface area contributed by atoms with Gasteiger partial charge in [-0.1, -0.05) is 36.4 Å². The minimum Gasteiger partial charge on any atom is -0.493 e. The van der Waals surface area contributed by atoms with Crippen LogP contribution in [0.1, 0.15) is 31.0 Å². The highest BCUT2D eigenvalue weighted by atomic mass is 35.5. The van der Waals surface area contributed by atoms with Gasteiger partial charge in [0.15, 0.2) is 11.5 Å². The highest BCUT2D eigenvalue weighted by Gasteiger charge is 2.30. The number of nitrogens with two attached hydrogens (primary N) is 1. The fourth-order valence-electron chi connectivity index (χ4n) is 2.60. The third-order valence-corrected chi connectivity index (χ3v) is 4.38. The van der Waals surface area contributed by atoms with Crippen LogP contribution in [0, 0.1) is 0 Å². The van der Waals surface area contributed by atoms with Crippen molar-refractivity contribution in [3.63, 3.8) is 0 Å². The van der Waals surface area contributed by atoms with Crippen LogP contribution in [0.4, 0.5) is 0 Å². The largest absolute Gasteiger partial charge is 0.493 e. The number of hydrogen-bond acceptors (Lipinski definition) is 4. The Morgan fingerprint density at radius 1 is 1.08 bits per heavy atom. The molecule has 0 aliphatic carbocycles. The van der Waals surface area contributed by atoms with Crippen molar-refractivity contribution in [3.05, 3.63) is 59.7 Å². The van der Waals surface area contributed by atoms with Gasteiger partial charge < -0.3 is 20.5 Å². The Morgan fingerprint density at radius 3 is 2.27 bits per heavy atom. The van der Waals surface area contributed by atoms with E-state index in [1.165, 1.54) is 0 Å². The summed E-state index contributed by atoms with van der Waals surface area (Å²) in [4.78, 5) is 12.7. The van der Waals surface area contributed by atoms with Crippen LogP contribution in [0.2, 0.25) is 0 Å². The summed E-state index contributed by atoms with van der Waals surface area (Å²) in [5.41, 5.74) is 7.27. The second-order valence-electron chi connectivity index (χ2n) is 6.42. The summed E-state index contributed by atoms with van der Waals surface area (Å²) in [6.45, 7) is 4.12. The first-order chi connectivity index (χ1) is 11.9. The molecule has 6 heteroatoms. The molecule has 0 aliphatic heterocycles. The fourth-order valence-corrected chi connectivity index (χ4v) is 2.60. The zero-order valence-electron chi connectivity index (χ0n) is 15.6. The number of amides is 1. The first-order valence-electron chi connectivity index (χ1n) is 8.21. The predicted molar refractivity (Wildman–Crippen MR) is 106 cm³/mol. The molecule has 0 fully saturated rings. The van der Waals surface area contributed by atoms with Crippen LogP contribution in [-0.4, -0.2) is 26.7 Å². The minimum atomic E-state index is -0.726. The van der Waals surface area contributed by atoms with Crippen molar-refractivity contribution >= 4 is 18.3 Å². The van der Waals surface area contributed by atoms with Gasteiger partial charge in [0.2, 0.25) is 5.91 Å². The molecule has 0 bridgehead atoms. The molecule has 0 aromatic heterocycles. The summed E-state index contributed by atoms with van der Waals surface area (Å²) < 4.78 is 10.6. The van der Waals surface area contributed by atoms with Crippen molar-refractivity contribution < 1.29 is 14.3 Å². The maximum atomic E-state index is 12.7. The second kappa shape index (κ2) is 9.46. The Balaban J connectivity index is 0.00000338. The van der Waals surface area contributed by atoms with Crippen molar-refractivity contribution in [2.24, 2.45) is 5.73 Å². The lowest BCUT2D eigenvalue weighted by molar-refractivity contribution is -0.125. The van der Waals surface area contributed by atoms with E-state index in [1.807, 2.05) is 56.3 Å². The molecule has 26 heavy (non-hydrogen) atoms. The van der Waals surface area contributed by atoms with Crippen molar-refractivity contribution in [3.8, 4) is 11.5 Å². The molecule has 2 rings (SSSR count). The summed E-state index contributed by atoms with van der Waals surface area (Å²) >= 11 is 0. The van der Waals surface area contributed by atoms with Gasteiger partial charge in [0, 0.05) is 12.6 Å². The maximum Gasteiger partial charge on any atom is 0.230 e. The van der Waals surface area contributed by atoms with E-state index >= 15 is 0 Å². The Kier molecular flexibility index (Phi) is 7.93. The molecule has 2 aromatic rings. The van der Waals surface area contributed by atoms with E-state index < -0.39 is 5.41 Å². The number of carbonyl (C=O) groups is 1. The second-order valence-corrected chi connectivity index (χ2v) is 6.42. The summed E-state index contributed by atoms with van der Waals surface area (Å²) in [5, 5.41) is 2.95. The van der Waals surface area contributed by atoms with Gasteiger partial charge in [-0.25, -0.2) is 0 Å². The standard InChI is InChI=1S/C20H26N2O3.ClH/c1-20(2,15-10-11-17(24-3)18(12-15)25-4)19(23)22-13-16(21)14-8-6-5-7-9-14;/h5-12,16H,13,21H2,1-4H3,(H,22,23);1H. The lowest BCUT2D eigenvalue weighted by Gasteiger charge is -2.26. The molecule has 1 atom stereocenters. The van der Waals surface area contributed by atoms with Crippen molar-refractivity contribution in [2.45, 2.75) is 25.3 Å². The first-order valence-corrected chi connectivity index (χ1v) is 8.21. The normalized spacial score (nSPS) is 11.9. The van der Waals surface area contributed by atoms with Gasteiger partial charge in [-0.15, -0.1) is 12.4 Å². The minimum absolute atomic E-state index is 0. The van der Waals surface area contributed by atoms with Crippen LogP contribution in [0.25, 0.3) is 0 Å². The molecule has 0 radical (unpaired) electrons. The summed E-state index contributed by atoms with van der Waals surface area (Å²) in [6, 6.07) is 15.0. The first kappa shape index (κ1) is 21.8. The molecule has 1 amide bonds. The average molecular weight is 379 g/mol. The SMILES string of the molecule is COc1ccc(C(C)(C)C(=O)NCC(N)c2ccccc2)cc1OC.Cl. The third kappa shape index (κ3) is 4.90. The molecule has 3 N–H and O–H groups in total. The number of rotatable bonds is 7. The monoisotopic (exact) mass is 378 g/mol. The Bertz CT molecular complexity index is 720. The van der Waals surface area contributed by atoms with Gasteiger partial charge >= 0.3 is 0 Å². The van der Waals surface area contributed by atoms with Gasteiger partial charge in [-0.2, -0.15) is 0 Å². The van der Waals surface area contributed by atoms with Crippen LogP contribution in [0.5, 0.6) is 11.5 Å². The average Bonchev–Trinajstić information content (AvgIpc) is 2.65. The zero-order valence-corrected chi connectivity index (χ0v) is 16.4. The molecular formula is C20H27ClN2O3. The van der Waals surface area contributed by atoms with E-state index in [1.54, 1.807) is 20.3 Å². The van der Waals surface area contributed by atoms with Gasteiger partial charge in [-0.3, -0.25) is 4.79 Å². The van der Waals surface area contributed by atoms with Crippen molar-refractivity contribution in [2.75, 3.05) is 20.8 Å². The van der Waals surface area contributed by atoms with E-state index in [-0.39, 0.29) is 24.4 Å².